The van der Waals surface area contributed by atoms with Crippen molar-refractivity contribution in [2.75, 3.05) is 11.9 Å². The van der Waals surface area contributed by atoms with Crippen LogP contribution >= 0.6 is 0 Å². The van der Waals surface area contributed by atoms with E-state index in [4.69, 9.17) is 5.11 Å². The summed E-state index contributed by atoms with van der Waals surface area (Å²) in [4.78, 5) is 18.2. The molecule has 0 spiro atoms. The van der Waals surface area contributed by atoms with E-state index in [0.29, 0.717) is 25.2 Å². The Morgan fingerprint density at radius 2 is 2.31 bits per heavy atom. The van der Waals surface area contributed by atoms with Crippen LogP contribution in [0, 0.1) is 0 Å². The van der Waals surface area contributed by atoms with E-state index in [2.05, 4.69) is 15.3 Å². The van der Waals surface area contributed by atoms with Gasteiger partial charge in [0.1, 0.15) is 5.82 Å². The molecular weight excluding hydrogens is 210 g/mol. The van der Waals surface area contributed by atoms with Crippen molar-refractivity contribution < 1.29 is 15.0 Å². The van der Waals surface area contributed by atoms with Gasteiger partial charge >= 0.3 is 5.97 Å². The molecule has 0 fully saturated rings. The normalized spacial score (nSPS) is 12.1. The Morgan fingerprint density at radius 1 is 1.56 bits per heavy atom. The molecule has 1 unspecified atom stereocenters. The third kappa shape index (κ3) is 3.82. The lowest BCUT2D eigenvalue weighted by atomic mass is 10.2. The van der Waals surface area contributed by atoms with Crippen molar-refractivity contribution in [1.29, 1.82) is 0 Å². The lowest BCUT2D eigenvalue weighted by molar-refractivity contribution is 0.0690. The Hall–Kier alpha value is -1.69. The molecule has 0 aliphatic rings. The number of hydrogen-bond donors (Lipinski definition) is 3. The summed E-state index contributed by atoms with van der Waals surface area (Å²) < 4.78 is 0. The number of carboxylic acid groups (broad SMARTS) is 1. The number of aromatic carboxylic acids is 1. The van der Waals surface area contributed by atoms with Crippen LogP contribution < -0.4 is 5.32 Å². The van der Waals surface area contributed by atoms with Crippen molar-refractivity contribution in [2.45, 2.75) is 25.9 Å². The minimum absolute atomic E-state index is 0.0963. The Kier molecular flexibility index (Phi) is 4.65. The van der Waals surface area contributed by atoms with Crippen LogP contribution in [0.15, 0.2) is 12.4 Å². The number of aromatic nitrogens is 2. The highest BCUT2D eigenvalue weighted by molar-refractivity contribution is 5.85. The predicted molar refractivity (Wildman–Crippen MR) is 58.4 cm³/mol. The van der Waals surface area contributed by atoms with Gasteiger partial charge in [-0.1, -0.05) is 6.92 Å². The quantitative estimate of drug-likeness (QED) is 0.661. The zero-order valence-electron chi connectivity index (χ0n) is 9.05. The molecule has 0 saturated carbocycles. The van der Waals surface area contributed by atoms with Gasteiger partial charge in [-0.25, -0.2) is 9.78 Å². The molecule has 88 valence electrons. The van der Waals surface area contributed by atoms with E-state index in [0.717, 1.165) is 0 Å². The van der Waals surface area contributed by atoms with Crippen molar-refractivity contribution in [2.24, 2.45) is 0 Å². The Morgan fingerprint density at radius 3 is 2.94 bits per heavy atom. The van der Waals surface area contributed by atoms with Crippen LogP contribution in [0.4, 0.5) is 5.82 Å². The first-order valence-electron chi connectivity index (χ1n) is 5.10. The first-order chi connectivity index (χ1) is 7.63. The molecule has 0 aliphatic carbocycles. The van der Waals surface area contributed by atoms with Crippen LogP contribution in [0.3, 0.4) is 0 Å². The van der Waals surface area contributed by atoms with Crippen LogP contribution in [-0.2, 0) is 0 Å². The number of nitrogens with one attached hydrogen (secondary N) is 1. The lowest BCUT2D eigenvalue weighted by Gasteiger charge is -2.08. The molecule has 6 nitrogen and oxygen atoms in total. The van der Waals surface area contributed by atoms with E-state index in [1.54, 1.807) is 0 Å². The van der Waals surface area contributed by atoms with Gasteiger partial charge in [-0.3, -0.25) is 4.98 Å². The molecule has 1 aromatic heterocycles. The van der Waals surface area contributed by atoms with E-state index in [-0.39, 0.29) is 11.8 Å². The van der Waals surface area contributed by atoms with Crippen LogP contribution in [0.2, 0.25) is 0 Å². The number of hydrogen-bond acceptors (Lipinski definition) is 5. The summed E-state index contributed by atoms with van der Waals surface area (Å²) in [5, 5.41) is 20.9. The average Bonchev–Trinajstić information content (AvgIpc) is 2.29. The molecule has 1 atom stereocenters. The monoisotopic (exact) mass is 225 g/mol. The zero-order chi connectivity index (χ0) is 12.0. The highest BCUT2D eigenvalue weighted by Gasteiger charge is 2.06. The number of nitrogens with zero attached hydrogens (tertiary/aromatic N) is 2. The smallest absolute Gasteiger partial charge is 0.356 e. The fourth-order valence-electron chi connectivity index (χ4n) is 1.13. The predicted octanol–water partition coefficient (Wildman–Crippen LogP) is 0.748. The molecule has 16 heavy (non-hydrogen) atoms. The SMILES string of the molecule is CCC(O)CCNc1cncc(C(=O)O)n1. The third-order valence-corrected chi connectivity index (χ3v) is 2.11. The lowest BCUT2D eigenvalue weighted by Crippen LogP contribution is -2.13. The highest BCUT2D eigenvalue weighted by Crippen LogP contribution is 2.03. The minimum Gasteiger partial charge on any atom is -0.476 e. The van der Waals surface area contributed by atoms with Gasteiger partial charge < -0.3 is 15.5 Å². The first-order valence-corrected chi connectivity index (χ1v) is 5.10. The van der Waals surface area contributed by atoms with E-state index in [1.165, 1.54) is 12.4 Å². The molecule has 0 bridgehead atoms. The van der Waals surface area contributed by atoms with Gasteiger partial charge in [0.15, 0.2) is 5.69 Å². The molecule has 0 amide bonds. The fraction of sp³-hybridized carbons (Fsp3) is 0.500. The maximum atomic E-state index is 10.6. The van der Waals surface area contributed by atoms with Crippen LogP contribution in [0.5, 0.6) is 0 Å². The second-order valence-electron chi connectivity index (χ2n) is 3.37. The Bertz CT molecular complexity index is 357. The van der Waals surface area contributed by atoms with Gasteiger partial charge in [0.05, 0.1) is 18.5 Å². The van der Waals surface area contributed by atoms with E-state index >= 15 is 0 Å². The molecular formula is C10H15N3O3. The summed E-state index contributed by atoms with van der Waals surface area (Å²) in [6.07, 6.45) is 3.58. The van der Waals surface area contributed by atoms with Crippen molar-refractivity contribution in [3.63, 3.8) is 0 Å². The molecule has 1 rings (SSSR count). The highest BCUT2D eigenvalue weighted by atomic mass is 16.4. The van der Waals surface area contributed by atoms with Gasteiger partial charge in [0.2, 0.25) is 0 Å². The maximum Gasteiger partial charge on any atom is 0.356 e. The topological polar surface area (TPSA) is 95.3 Å². The number of aliphatic hydroxyl groups excluding tert-OH is 1. The van der Waals surface area contributed by atoms with Crippen molar-refractivity contribution in [3.05, 3.63) is 18.1 Å². The number of carbonyl (C=O) groups is 1. The molecule has 0 radical (unpaired) electrons. The number of carboxylic acids is 1. The molecule has 1 aromatic rings. The minimum atomic E-state index is -1.11. The third-order valence-electron chi connectivity index (χ3n) is 2.11. The van der Waals surface area contributed by atoms with Gasteiger partial charge in [0.25, 0.3) is 0 Å². The molecule has 1 heterocycles. The summed E-state index contributed by atoms with van der Waals surface area (Å²) in [6.45, 7) is 2.43. The first kappa shape index (κ1) is 12.4. The summed E-state index contributed by atoms with van der Waals surface area (Å²) >= 11 is 0. The number of rotatable bonds is 6. The molecule has 0 aliphatic heterocycles. The summed E-state index contributed by atoms with van der Waals surface area (Å²) in [6, 6.07) is 0. The largest absolute Gasteiger partial charge is 0.476 e. The summed E-state index contributed by atoms with van der Waals surface area (Å²) in [5.41, 5.74) is -0.0963. The van der Waals surface area contributed by atoms with Gasteiger partial charge in [-0.2, -0.15) is 0 Å². The second-order valence-corrected chi connectivity index (χ2v) is 3.37. The molecule has 3 N–H and O–H groups in total. The average molecular weight is 225 g/mol. The van der Waals surface area contributed by atoms with Crippen LogP contribution in [0.1, 0.15) is 30.3 Å². The Labute approximate surface area is 93.4 Å². The summed E-state index contributed by atoms with van der Waals surface area (Å²) in [5.74, 6) is -0.701. The maximum absolute atomic E-state index is 10.6. The van der Waals surface area contributed by atoms with E-state index in [1.807, 2.05) is 6.92 Å². The van der Waals surface area contributed by atoms with Gasteiger partial charge in [0, 0.05) is 6.54 Å². The Balaban J connectivity index is 2.48. The van der Waals surface area contributed by atoms with Gasteiger partial charge in [-0.15, -0.1) is 0 Å². The summed E-state index contributed by atoms with van der Waals surface area (Å²) in [7, 11) is 0. The number of anilines is 1. The van der Waals surface area contributed by atoms with Gasteiger partial charge in [-0.05, 0) is 12.8 Å². The van der Waals surface area contributed by atoms with Crippen LogP contribution in [0.25, 0.3) is 0 Å². The fourth-order valence-corrected chi connectivity index (χ4v) is 1.13. The molecule has 0 aromatic carbocycles. The second kappa shape index (κ2) is 6.02. The molecule has 0 saturated heterocycles. The number of aliphatic hydroxyl groups is 1. The van der Waals surface area contributed by atoms with E-state index in [9.17, 15) is 9.90 Å². The van der Waals surface area contributed by atoms with Crippen LogP contribution in [-0.4, -0.2) is 38.8 Å². The van der Waals surface area contributed by atoms with Crippen molar-refractivity contribution in [3.8, 4) is 0 Å². The van der Waals surface area contributed by atoms with Crippen molar-refractivity contribution >= 4 is 11.8 Å². The zero-order valence-corrected chi connectivity index (χ0v) is 9.05. The molecule has 6 heteroatoms. The van der Waals surface area contributed by atoms with Crippen molar-refractivity contribution in [1.82, 2.24) is 9.97 Å². The standard InChI is InChI=1S/C10H15N3O3/c1-2-7(14)3-4-12-9-6-11-5-8(13-9)10(15)16/h5-7,14H,2-4H2,1H3,(H,12,13)(H,15,16). The van der Waals surface area contributed by atoms with E-state index < -0.39 is 5.97 Å².